The number of amides is 2. The quantitative estimate of drug-likeness (QED) is 0.782. The minimum atomic E-state index is -0.0602. The molecule has 120 valence electrons. The number of carbonyl (C=O) groups is 2. The first-order valence-electron chi connectivity index (χ1n) is 7.92. The first kappa shape index (κ1) is 16.5. The molecule has 5 heteroatoms. The van der Waals surface area contributed by atoms with Crippen molar-refractivity contribution < 1.29 is 9.59 Å². The molecule has 22 heavy (non-hydrogen) atoms. The lowest BCUT2D eigenvalue weighted by Crippen LogP contribution is -2.28. The van der Waals surface area contributed by atoms with Crippen molar-refractivity contribution in [1.29, 1.82) is 0 Å². The maximum absolute atomic E-state index is 12.0. The number of hydrogen-bond donors (Lipinski definition) is 3. The molecule has 0 radical (unpaired) electrons. The zero-order valence-corrected chi connectivity index (χ0v) is 13.3. The molecule has 4 N–H and O–H groups in total. The van der Waals surface area contributed by atoms with Gasteiger partial charge in [0.25, 0.3) is 0 Å². The van der Waals surface area contributed by atoms with Gasteiger partial charge in [-0.05, 0) is 43.0 Å². The van der Waals surface area contributed by atoms with Gasteiger partial charge in [-0.15, -0.1) is 0 Å². The second-order valence-corrected chi connectivity index (χ2v) is 6.33. The summed E-state index contributed by atoms with van der Waals surface area (Å²) in [7, 11) is 0. The lowest BCUT2D eigenvalue weighted by molar-refractivity contribution is -0.119. The fraction of sp³-hybridized carbons (Fsp3) is 0.529. The Labute approximate surface area is 131 Å². The molecule has 1 aromatic carbocycles. The molecule has 1 aromatic rings. The summed E-state index contributed by atoms with van der Waals surface area (Å²) < 4.78 is 0. The maximum Gasteiger partial charge on any atom is 0.226 e. The van der Waals surface area contributed by atoms with E-state index in [-0.39, 0.29) is 23.8 Å². The number of rotatable bonds is 5. The molecule has 0 saturated heterocycles. The SMILES string of the molecule is CC(C)C(=O)Nc1ccc(NC(=O)C[C@@H]2CCC[C@H]2N)cc1. The van der Waals surface area contributed by atoms with Gasteiger partial charge >= 0.3 is 0 Å². The highest BCUT2D eigenvalue weighted by Gasteiger charge is 2.25. The minimum Gasteiger partial charge on any atom is -0.327 e. The van der Waals surface area contributed by atoms with Crippen LogP contribution in [0.2, 0.25) is 0 Å². The van der Waals surface area contributed by atoms with Crippen molar-refractivity contribution in [3.8, 4) is 0 Å². The molecule has 2 rings (SSSR count). The second-order valence-electron chi connectivity index (χ2n) is 6.33. The van der Waals surface area contributed by atoms with Gasteiger partial charge in [0.1, 0.15) is 0 Å². The van der Waals surface area contributed by atoms with E-state index in [0.29, 0.717) is 12.3 Å². The van der Waals surface area contributed by atoms with E-state index in [1.807, 2.05) is 13.8 Å². The smallest absolute Gasteiger partial charge is 0.226 e. The van der Waals surface area contributed by atoms with Crippen LogP contribution in [0.1, 0.15) is 39.5 Å². The molecule has 0 spiro atoms. The lowest BCUT2D eigenvalue weighted by Gasteiger charge is -2.15. The molecular formula is C17H25N3O2. The van der Waals surface area contributed by atoms with E-state index >= 15 is 0 Å². The van der Waals surface area contributed by atoms with Crippen LogP contribution >= 0.6 is 0 Å². The van der Waals surface area contributed by atoms with Crippen molar-refractivity contribution in [2.24, 2.45) is 17.6 Å². The summed E-state index contributed by atoms with van der Waals surface area (Å²) in [5, 5.41) is 5.70. The van der Waals surface area contributed by atoms with Crippen molar-refractivity contribution in [2.45, 2.75) is 45.6 Å². The van der Waals surface area contributed by atoms with Crippen molar-refractivity contribution in [1.82, 2.24) is 0 Å². The van der Waals surface area contributed by atoms with Crippen LogP contribution < -0.4 is 16.4 Å². The van der Waals surface area contributed by atoms with E-state index in [9.17, 15) is 9.59 Å². The Morgan fingerprint density at radius 3 is 2.23 bits per heavy atom. The normalized spacial score (nSPS) is 20.9. The second kappa shape index (κ2) is 7.40. The number of benzene rings is 1. The predicted octanol–water partition coefficient (Wildman–Crippen LogP) is 2.74. The summed E-state index contributed by atoms with van der Waals surface area (Å²) in [6, 6.07) is 7.32. The van der Waals surface area contributed by atoms with Crippen LogP contribution in [0, 0.1) is 11.8 Å². The first-order valence-corrected chi connectivity index (χ1v) is 7.92. The topological polar surface area (TPSA) is 84.2 Å². The van der Waals surface area contributed by atoms with Crippen LogP contribution in [0.15, 0.2) is 24.3 Å². The molecule has 1 aliphatic rings. The van der Waals surface area contributed by atoms with Gasteiger partial charge in [-0.2, -0.15) is 0 Å². The molecule has 0 heterocycles. The van der Waals surface area contributed by atoms with Crippen LogP contribution in [0.3, 0.4) is 0 Å². The Balaban J connectivity index is 1.85. The molecule has 0 bridgehead atoms. The van der Waals surface area contributed by atoms with Crippen molar-refractivity contribution >= 4 is 23.2 Å². The fourth-order valence-electron chi connectivity index (χ4n) is 2.69. The number of anilines is 2. The molecule has 2 atom stereocenters. The Morgan fingerprint density at radius 2 is 1.73 bits per heavy atom. The number of hydrogen-bond acceptors (Lipinski definition) is 3. The molecule has 0 unspecified atom stereocenters. The van der Waals surface area contributed by atoms with Crippen molar-refractivity contribution in [3.05, 3.63) is 24.3 Å². The molecule has 5 nitrogen and oxygen atoms in total. The van der Waals surface area contributed by atoms with Gasteiger partial charge in [0, 0.05) is 29.8 Å². The van der Waals surface area contributed by atoms with Gasteiger partial charge in [-0.1, -0.05) is 20.3 Å². The summed E-state index contributed by atoms with van der Waals surface area (Å²) in [6.07, 6.45) is 3.65. The van der Waals surface area contributed by atoms with Gasteiger partial charge in [-0.25, -0.2) is 0 Å². The van der Waals surface area contributed by atoms with E-state index in [4.69, 9.17) is 5.73 Å². The van der Waals surface area contributed by atoms with Crippen LogP contribution in [-0.2, 0) is 9.59 Å². The Hall–Kier alpha value is -1.88. The number of carbonyl (C=O) groups excluding carboxylic acids is 2. The maximum atomic E-state index is 12.0. The van der Waals surface area contributed by atoms with E-state index in [1.54, 1.807) is 24.3 Å². The zero-order chi connectivity index (χ0) is 16.1. The Kier molecular flexibility index (Phi) is 5.55. The molecule has 2 amide bonds. The number of nitrogens with two attached hydrogens (primary N) is 1. The van der Waals surface area contributed by atoms with E-state index in [0.717, 1.165) is 30.6 Å². The molecule has 1 aliphatic carbocycles. The van der Waals surface area contributed by atoms with Crippen LogP contribution in [-0.4, -0.2) is 17.9 Å². The standard InChI is InChI=1S/C17H25N3O2/c1-11(2)17(22)20-14-8-6-13(7-9-14)19-16(21)10-12-4-3-5-15(12)18/h6-9,11-12,15H,3-5,10,18H2,1-2H3,(H,19,21)(H,20,22)/t12-,15+/m0/s1. The van der Waals surface area contributed by atoms with Crippen molar-refractivity contribution in [3.63, 3.8) is 0 Å². The van der Waals surface area contributed by atoms with E-state index in [2.05, 4.69) is 10.6 Å². The summed E-state index contributed by atoms with van der Waals surface area (Å²) >= 11 is 0. The third-order valence-corrected chi connectivity index (χ3v) is 4.13. The predicted molar refractivity (Wildman–Crippen MR) is 88.5 cm³/mol. The van der Waals surface area contributed by atoms with Gasteiger partial charge in [0.05, 0.1) is 0 Å². The summed E-state index contributed by atoms with van der Waals surface area (Å²) in [5.41, 5.74) is 7.46. The highest BCUT2D eigenvalue weighted by atomic mass is 16.2. The molecule has 0 aromatic heterocycles. The third kappa shape index (κ3) is 4.56. The molecule has 0 aliphatic heterocycles. The van der Waals surface area contributed by atoms with Crippen LogP contribution in [0.5, 0.6) is 0 Å². The van der Waals surface area contributed by atoms with Gasteiger partial charge in [0.15, 0.2) is 0 Å². The van der Waals surface area contributed by atoms with Crippen LogP contribution in [0.4, 0.5) is 11.4 Å². The summed E-state index contributed by atoms with van der Waals surface area (Å²) in [4.78, 5) is 23.6. The lowest BCUT2D eigenvalue weighted by atomic mass is 10.00. The molecule has 1 fully saturated rings. The third-order valence-electron chi connectivity index (χ3n) is 4.13. The average molecular weight is 303 g/mol. The average Bonchev–Trinajstić information content (AvgIpc) is 2.86. The van der Waals surface area contributed by atoms with E-state index < -0.39 is 0 Å². The Morgan fingerprint density at radius 1 is 1.14 bits per heavy atom. The van der Waals surface area contributed by atoms with Crippen molar-refractivity contribution in [2.75, 3.05) is 10.6 Å². The first-order chi connectivity index (χ1) is 10.5. The molecular weight excluding hydrogens is 278 g/mol. The van der Waals surface area contributed by atoms with Crippen LogP contribution in [0.25, 0.3) is 0 Å². The van der Waals surface area contributed by atoms with Gasteiger partial charge in [-0.3, -0.25) is 9.59 Å². The monoisotopic (exact) mass is 303 g/mol. The number of nitrogens with one attached hydrogen (secondary N) is 2. The highest BCUT2D eigenvalue weighted by molar-refractivity contribution is 5.93. The van der Waals surface area contributed by atoms with E-state index in [1.165, 1.54) is 0 Å². The minimum absolute atomic E-state index is 0.00122. The zero-order valence-electron chi connectivity index (χ0n) is 13.3. The fourth-order valence-corrected chi connectivity index (χ4v) is 2.69. The van der Waals surface area contributed by atoms with Gasteiger partial charge < -0.3 is 16.4 Å². The highest BCUT2D eigenvalue weighted by Crippen LogP contribution is 2.27. The summed E-state index contributed by atoms with van der Waals surface area (Å²) in [5.74, 6) is 0.216. The van der Waals surface area contributed by atoms with Gasteiger partial charge in [0.2, 0.25) is 11.8 Å². The summed E-state index contributed by atoms with van der Waals surface area (Å²) in [6.45, 7) is 3.69. The largest absolute Gasteiger partial charge is 0.327 e. The Bertz CT molecular complexity index is 525. The molecule has 1 saturated carbocycles.